The summed E-state index contributed by atoms with van der Waals surface area (Å²) in [4.78, 5) is 13.9. The van der Waals surface area contributed by atoms with Gasteiger partial charge in [0.05, 0.1) is 40.8 Å². The number of benzene rings is 2. The lowest BCUT2D eigenvalue weighted by atomic mass is 9.97. The molecule has 148 valence electrons. The fourth-order valence-corrected chi connectivity index (χ4v) is 4.29. The first kappa shape index (κ1) is 19.3. The second-order valence-electron chi connectivity index (χ2n) is 7.11. The summed E-state index contributed by atoms with van der Waals surface area (Å²) in [7, 11) is -1.67. The standard InChI is InChI=1S/C22H21N3O3S/c1-14(2)29(26,27)18-9-7-15(8-10-18)20-13-24-22-21(25-20)19(12-23-22)16-5-4-6-17(11-16)28-3/h4-14,19H,1-3H3. The van der Waals surface area contributed by atoms with E-state index in [4.69, 9.17) is 9.72 Å². The molecule has 1 unspecified atom stereocenters. The number of rotatable bonds is 5. The number of aromatic nitrogens is 2. The van der Waals surface area contributed by atoms with Crippen molar-refractivity contribution >= 4 is 21.9 Å². The smallest absolute Gasteiger partial charge is 0.180 e. The molecule has 1 aliphatic heterocycles. The number of aliphatic imine (C=N–C) groups is 1. The van der Waals surface area contributed by atoms with Gasteiger partial charge in [-0.2, -0.15) is 0 Å². The highest BCUT2D eigenvalue weighted by Gasteiger charge is 2.25. The van der Waals surface area contributed by atoms with Crippen LogP contribution in [0.1, 0.15) is 31.0 Å². The molecular weight excluding hydrogens is 386 g/mol. The lowest BCUT2D eigenvalue weighted by Crippen LogP contribution is -2.13. The Bertz CT molecular complexity index is 1190. The van der Waals surface area contributed by atoms with E-state index < -0.39 is 15.1 Å². The predicted molar refractivity (Wildman–Crippen MR) is 113 cm³/mol. The zero-order valence-corrected chi connectivity index (χ0v) is 17.2. The van der Waals surface area contributed by atoms with Crippen LogP contribution >= 0.6 is 0 Å². The van der Waals surface area contributed by atoms with Crippen LogP contribution in [-0.2, 0) is 9.84 Å². The zero-order valence-electron chi connectivity index (χ0n) is 16.4. The van der Waals surface area contributed by atoms with Crippen LogP contribution < -0.4 is 4.74 Å². The molecule has 29 heavy (non-hydrogen) atoms. The molecule has 1 aromatic heterocycles. The number of hydrogen-bond acceptors (Lipinski definition) is 6. The minimum Gasteiger partial charge on any atom is -0.497 e. The van der Waals surface area contributed by atoms with Crippen molar-refractivity contribution in [1.29, 1.82) is 0 Å². The minimum atomic E-state index is -3.30. The molecule has 0 radical (unpaired) electrons. The number of ether oxygens (including phenoxy) is 1. The van der Waals surface area contributed by atoms with E-state index in [-0.39, 0.29) is 5.92 Å². The van der Waals surface area contributed by atoms with Crippen molar-refractivity contribution in [3.63, 3.8) is 0 Å². The maximum absolute atomic E-state index is 12.3. The third-order valence-corrected chi connectivity index (χ3v) is 7.14. The highest BCUT2D eigenvalue weighted by molar-refractivity contribution is 7.92. The molecule has 0 spiro atoms. The molecule has 1 atom stereocenters. The number of methoxy groups -OCH3 is 1. The molecule has 6 nitrogen and oxygen atoms in total. The Morgan fingerprint density at radius 1 is 1.07 bits per heavy atom. The number of hydrogen-bond donors (Lipinski definition) is 0. The number of nitrogens with zero attached hydrogens (tertiary/aromatic N) is 3. The summed E-state index contributed by atoms with van der Waals surface area (Å²) < 4.78 is 30.0. The molecular formula is C22H21N3O3S. The fourth-order valence-electron chi connectivity index (χ4n) is 3.23. The first-order valence-electron chi connectivity index (χ1n) is 9.29. The third-order valence-electron chi connectivity index (χ3n) is 4.97. The Morgan fingerprint density at radius 3 is 2.52 bits per heavy atom. The van der Waals surface area contributed by atoms with E-state index in [1.165, 1.54) is 0 Å². The predicted octanol–water partition coefficient (Wildman–Crippen LogP) is 4.18. The Kier molecular flexibility index (Phi) is 4.92. The van der Waals surface area contributed by atoms with Gasteiger partial charge in [0, 0.05) is 11.8 Å². The summed E-state index contributed by atoms with van der Waals surface area (Å²) in [5, 5.41) is -0.464. The van der Waals surface area contributed by atoms with Crippen LogP contribution in [0.4, 0.5) is 5.82 Å². The molecule has 3 aromatic rings. The second kappa shape index (κ2) is 7.40. The van der Waals surface area contributed by atoms with Gasteiger partial charge in [-0.05, 0) is 43.7 Å². The number of sulfone groups is 1. The van der Waals surface area contributed by atoms with E-state index in [9.17, 15) is 8.42 Å². The van der Waals surface area contributed by atoms with E-state index in [0.29, 0.717) is 16.4 Å². The lowest BCUT2D eigenvalue weighted by molar-refractivity contribution is 0.414. The van der Waals surface area contributed by atoms with Crippen molar-refractivity contribution < 1.29 is 13.2 Å². The van der Waals surface area contributed by atoms with Crippen LogP contribution in [0.25, 0.3) is 11.3 Å². The lowest BCUT2D eigenvalue weighted by Gasteiger charge is -2.12. The van der Waals surface area contributed by atoms with Crippen molar-refractivity contribution in [2.24, 2.45) is 4.99 Å². The molecule has 0 saturated heterocycles. The molecule has 0 fully saturated rings. The zero-order chi connectivity index (χ0) is 20.6. The van der Waals surface area contributed by atoms with Gasteiger partial charge >= 0.3 is 0 Å². The molecule has 0 saturated carbocycles. The van der Waals surface area contributed by atoms with Gasteiger partial charge < -0.3 is 4.74 Å². The van der Waals surface area contributed by atoms with Crippen molar-refractivity contribution in [3.8, 4) is 17.0 Å². The van der Waals surface area contributed by atoms with Crippen molar-refractivity contribution in [1.82, 2.24) is 9.97 Å². The van der Waals surface area contributed by atoms with Gasteiger partial charge in [0.15, 0.2) is 15.7 Å². The largest absolute Gasteiger partial charge is 0.497 e. The van der Waals surface area contributed by atoms with Crippen LogP contribution in [0.15, 0.2) is 64.6 Å². The summed E-state index contributed by atoms with van der Waals surface area (Å²) in [5.74, 6) is 1.27. The first-order chi connectivity index (χ1) is 13.9. The molecule has 0 amide bonds. The topological polar surface area (TPSA) is 81.5 Å². The quantitative estimate of drug-likeness (QED) is 0.634. The maximum Gasteiger partial charge on any atom is 0.180 e. The fraction of sp³-hybridized carbons (Fsp3) is 0.227. The van der Waals surface area contributed by atoms with Crippen molar-refractivity contribution in [3.05, 3.63) is 66.0 Å². The van der Waals surface area contributed by atoms with Crippen LogP contribution in [0.5, 0.6) is 5.75 Å². The highest BCUT2D eigenvalue weighted by atomic mass is 32.2. The minimum absolute atomic E-state index is 0.104. The maximum atomic E-state index is 12.3. The number of fused-ring (bicyclic) bond motifs is 1. The van der Waals surface area contributed by atoms with Gasteiger partial charge in [0.1, 0.15) is 5.75 Å². The van der Waals surface area contributed by atoms with Crippen LogP contribution in [0.3, 0.4) is 0 Å². The summed E-state index contributed by atoms with van der Waals surface area (Å²) in [5.41, 5.74) is 3.28. The third kappa shape index (κ3) is 3.53. The molecule has 2 heterocycles. The van der Waals surface area contributed by atoms with Crippen LogP contribution in [0.2, 0.25) is 0 Å². The second-order valence-corrected chi connectivity index (χ2v) is 9.62. The molecule has 0 bridgehead atoms. The van der Waals surface area contributed by atoms with Gasteiger partial charge in [-0.3, -0.25) is 0 Å². The van der Waals surface area contributed by atoms with Gasteiger partial charge in [-0.25, -0.2) is 23.4 Å². The van der Waals surface area contributed by atoms with Crippen LogP contribution in [0, 0.1) is 0 Å². The Labute approximate surface area is 170 Å². The Hall–Kier alpha value is -3.06. The summed E-state index contributed by atoms with van der Waals surface area (Å²) in [6.45, 7) is 3.35. The monoisotopic (exact) mass is 407 g/mol. The van der Waals surface area contributed by atoms with E-state index >= 15 is 0 Å². The van der Waals surface area contributed by atoms with Gasteiger partial charge in [-0.15, -0.1) is 0 Å². The summed E-state index contributed by atoms with van der Waals surface area (Å²) in [6.07, 6.45) is 3.50. The molecule has 2 aromatic carbocycles. The van der Waals surface area contributed by atoms with Gasteiger partial charge in [-0.1, -0.05) is 24.3 Å². The van der Waals surface area contributed by atoms with Crippen LogP contribution in [-0.4, -0.2) is 37.0 Å². The normalized spacial score (nSPS) is 15.5. The molecule has 1 aliphatic rings. The van der Waals surface area contributed by atoms with E-state index in [1.807, 2.05) is 30.5 Å². The molecule has 4 rings (SSSR count). The molecule has 7 heteroatoms. The van der Waals surface area contributed by atoms with E-state index in [0.717, 1.165) is 22.6 Å². The summed E-state index contributed by atoms with van der Waals surface area (Å²) >= 11 is 0. The molecule has 0 aliphatic carbocycles. The van der Waals surface area contributed by atoms with E-state index in [1.54, 1.807) is 51.4 Å². The Morgan fingerprint density at radius 2 is 1.83 bits per heavy atom. The first-order valence-corrected chi connectivity index (χ1v) is 10.8. The van der Waals surface area contributed by atoms with Crippen molar-refractivity contribution in [2.75, 3.05) is 7.11 Å². The Balaban J connectivity index is 1.69. The average molecular weight is 407 g/mol. The van der Waals surface area contributed by atoms with E-state index in [2.05, 4.69) is 9.98 Å². The highest BCUT2D eigenvalue weighted by Crippen LogP contribution is 2.36. The molecule has 0 N–H and O–H groups in total. The van der Waals surface area contributed by atoms with Crippen molar-refractivity contribution in [2.45, 2.75) is 29.9 Å². The summed E-state index contributed by atoms with van der Waals surface area (Å²) in [6, 6.07) is 14.6. The van der Waals surface area contributed by atoms with Gasteiger partial charge in [0.2, 0.25) is 0 Å². The van der Waals surface area contributed by atoms with Gasteiger partial charge in [0.25, 0.3) is 0 Å². The average Bonchev–Trinajstić information content (AvgIpc) is 3.17. The SMILES string of the molecule is COc1cccc(C2C=Nc3ncc(-c4ccc(S(=O)(=O)C(C)C)cc4)nc32)c1.